The molecule has 0 unspecified atom stereocenters. The van der Waals surface area contributed by atoms with Crippen molar-refractivity contribution in [2.24, 2.45) is 7.05 Å². The van der Waals surface area contributed by atoms with Gasteiger partial charge in [-0.1, -0.05) is 22.0 Å². The Bertz CT molecular complexity index is 632. The van der Waals surface area contributed by atoms with Crippen LogP contribution in [0.15, 0.2) is 22.7 Å². The summed E-state index contributed by atoms with van der Waals surface area (Å²) in [6, 6.07) is 5.80. The molecule has 0 bridgehead atoms. The summed E-state index contributed by atoms with van der Waals surface area (Å²) in [4.78, 5) is 15.4. The second kappa shape index (κ2) is 4.57. The molecule has 18 heavy (non-hydrogen) atoms. The molecule has 0 aliphatic carbocycles. The Kier molecular flexibility index (Phi) is 3.26. The monoisotopic (exact) mass is 308 g/mol. The standard InChI is InChI=1S/C13H13BrN2O2/c1-7-4-5-9(14)6-10(7)12-11(13(17)18)15-8(2)16(12)3/h4-6H,1-3H3,(H,17,18). The summed E-state index contributed by atoms with van der Waals surface area (Å²) in [5.41, 5.74) is 2.63. The van der Waals surface area contributed by atoms with Crippen molar-refractivity contribution in [2.75, 3.05) is 0 Å². The van der Waals surface area contributed by atoms with E-state index >= 15 is 0 Å². The van der Waals surface area contributed by atoms with Gasteiger partial charge in [0.15, 0.2) is 5.69 Å². The Morgan fingerprint density at radius 2 is 2.06 bits per heavy atom. The summed E-state index contributed by atoms with van der Waals surface area (Å²) < 4.78 is 2.72. The molecule has 0 aliphatic rings. The highest BCUT2D eigenvalue weighted by Gasteiger charge is 2.21. The van der Waals surface area contributed by atoms with Gasteiger partial charge in [0.25, 0.3) is 0 Å². The minimum atomic E-state index is -1.01. The fourth-order valence-corrected chi connectivity index (χ4v) is 2.28. The molecule has 5 heteroatoms. The van der Waals surface area contributed by atoms with Crippen LogP contribution in [0.3, 0.4) is 0 Å². The van der Waals surface area contributed by atoms with Gasteiger partial charge in [0.1, 0.15) is 5.82 Å². The molecule has 1 heterocycles. The summed E-state index contributed by atoms with van der Waals surface area (Å²) in [6.45, 7) is 3.75. The smallest absolute Gasteiger partial charge is 0.356 e. The fourth-order valence-electron chi connectivity index (χ4n) is 1.92. The first kappa shape index (κ1) is 12.8. The van der Waals surface area contributed by atoms with Crippen molar-refractivity contribution < 1.29 is 9.90 Å². The van der Waals surface area contributed by atoms with E-state index < -0.39 is 5.97 Å². The predicted molar refractivity (Wildman–Crippen MR) is 72.8 cm³/mol. The molecule has 0 aliphatic heterocycles. The molecule has 1 aromatic heterocycles. The normalized spacial score (nSPS) is 10.7. The number of rotatable bonds is 2. The molecule has 1 aromatic carbocycles. The van der Waals surface area contributed by atoms with Crippen molar-refractivity contribution in [2.45, 2.75) is 13.8 Å². The van der Waals surface area contributed by atoms with Gasteiger partial charge in [-0.2, -0.15) is 0 Å². The van der Waals surface area contributed by atoms with Crippen LogP contribution in [0.1, 0.15) is 21.9 Å². The van der Waals surface area contributed by atoms with Crippen LogP contribution in [0.5, 0.6) is 0 Å². The summed E-state index contributed by atoms with van der Waals surface area (Å²) >= 11 is 3.41. The molecular formula is C13H13BrN2O2. The number of carbonyl (C=O) groups is 1. The summed E-state index contributed by atoms with van der Waals surface area (Å²) in [5, 5.41) is 9.24. The van der Waals surface area contributed by atoms with E-state index in [1.165, 1.54) is 0 Å². The maximum Gasteiger partial charge on any atom is 0.356 e. The highest BCUT2D eigenvalue weighted by Crippen LogP contribution is 2.29. The number of hydrogen-bond acceptors (Lipinski definition) is 2. The fraction of sp³-hybridized carbons (Fsp3) is 0.231. The third-order valence-corrected chi connectivity index (χ3v) is 3.47. The van der Waals surface area contributed by atoms with Crippen LogP contribution in [0.4, 0.5) is 0 Å². The van der Waals surface area contributed by atoms with E-state index in [0.717, 1.165) is 15.6 Å². The third kappa shape index (κ3) is 2.06. The number of aryl methyl sites for hydroxylation is 2. The molecular weight excluding hydrogens is 296 g/mol. The Labute approximate surface area is 113 Å². The van der Waals surface area contributed by atoms with Crippen LogP contribution in [0.25, 0.3) is 11.3 Å². The van der Waals surface area contributed by atoms with Crippen molar-refractivity contribution in [1.29, 1.82) is 0 Å². The first-order chi connectivity index (χ1) is 8.41. The van der Waals surface area contributed by atoms with Gasteiger partial charge < -0.3 is 9.67 Å². The molecule has 2 rings (SSSR count). The molecule has 0 saturated heterocycles. The Balaban J connectivity index is 2.77. The average molecular weight is 309 g/mol. The highest BCUT2D eigenvalue weighted by atomic mass is 79.9. The summed E-state index contributed by atoms with van der Waals surface area (Å²) in [7, 11) is 1.82. The lowest BCUT2D eigenvalue weighted by Gasteiger charge is -2.09. The molecule has 0 spiro atoms. The number of aromatic carboxylic acids is 1. The zero-order valence-corrected chi connectivity index (χ0v) is 11.9. The SMILES string of the molecule is Cc1ccc(Br)cc1-c1c(C(=O)O)nc(C)n1C. The van der Waals surface area contributed by atoms with Crippen LogP contribution >= 0.6 is 15.9 Å². The summed E-state index contributed by atoms with van der Waals surface area (Å²) in [6.07, 6.45) is 0. The highest BCUT2D eigenvalue weighted by molar-refractivity contribution is 9.10. The van der Waals surface area contributed by atoms with Gasteiger partial charge in [0.05, 0.1) is 5.69 Å². The number of aromatic nitrogens is 2. The van der Waals surface area contributed by atoms with E-state index in [4.69, 9.17) is 0 Å². The molecule has 0 atom stereocenters. The molecule has 0 saturated carbocycles. The van der Waals surface area contributed by atoms with E-state index in [0.29, 0.717) is 11.5 Å². The van der Waals surface area contributed by atoms with E-state index in [1.807, 2.05) is 32.2 Å². The molecule has 0 radical (unpaired) electrons. The predicted octanol–water partition coefficient (Wildman–Crippen LogP) is 3.16. The van der Waals surface area contributed by atoms with Crippen molar-refractivity contribution in [3.05, 3.63) is 39.8 Å². The average Bonchev–Trinajstić information content (AvgIpc) is 2.60. The van der Waals surface area contributed by atoms with E-state index in [1.54, 1.807) is 11.5 Å². The van der Waals surface area contributed by atoms with Crippen LogP contribution < -0.4 is 0 Å². The third-order valence-electron chi connectivity index (χ3n) is 2.98. The maximum atomic E-state index is 11.3. The number of carboxylic acid groups (broad SMARTS) is 1. The van der Waals surface area contributed by atoms with Crippen molar-refractivity contribution in [1.82, 2.24) is 9.55 Å². The number of carboxylic acids is 1. The van der Waals surface area contributed by atoms with Gasteiger partial charge in [-0.3, -0.25) is 0 Å². The van der Waals surface area contributed by atoms with Crippen molar-refractivity contribution in [3.63, 3.8) is 0 Å². The molecule has 0 fully saturated rings. The number of benzene rings is 1. The molecule has 2 aromatic rings. The second-order valence-electron chi connectivity index (χ2n) is 4.18. The van der Waals surface area contributed by atoms with E-state index in [2.05, 4.69) is 20.9 Å². The molecule has 1 N–H and O–H groups in total. The van der Waals surface area contributed by atoms with Gasteiger partial charge in [-0.25, -0.2) is 9.78 Å². The zero-order chi connectivity index (χ0) is 13.4. The van der Waals surface area contributed by atoms with Crippen LogP contribution in [0, 0.1) is 13.8 Å². The van der Waals surface area contributed by atoms with Crippen LogP contribution in [0.2, 0.25) is 0 Å². The lowest BCUT2D eigenvalue weighted by molar-refractivity contribution is 0.0692. The topological polar surface area (TPSA) is 55.1 Å². The first-order valence-electron chi connectivity index (χ1n) is 5.45. The minimum absolute atomic E-state index is 0.0937. The second-order valence-corrected chi connectivity index (χ2v) is 5.10. The van der Waals surface area contributed by atoms with Crippen molar-refractivity contribution in [3.8, 4) is 11.3 Å². The zero-order valence-electron chi connectivity index (χ0n) is 10.4. The van der Waals surface area contributed by atoms with Gasteiger partial charge >= 0.3 is 5.97 Å². The summed E-state index contributed by atoms with van der Waals surface area (Å²) in [5.74, 6) is -0.324. The van der Waals surface area contributed by atoms with Crippen LogP contribution in [-0.2, 0) is 7.05 Å². The largest absolute Gasteiger partial charge is 0.476 e. The van der Waals surface area contributed by atoms with E-state index in [-0.39, 0.29) is 5.69 Å². The number of imidazole rings is 1. The quantitative estimate of drug-likeness (QED) is 0.927. The number of nitrogens with zero attached hydrogens (tertiary/aromatic N) is 2. The Morgan fingerprint density at radius 1 is 1.39 bits per heavy atom. The lowest BCUT2D eigenvalue weighted by atomic mass is 10.0. The Morgan fingerprint density at radius 3 is 2.67 bits per heavy atom. The Hall–Kier alpha value is -1.62. The van der Waals surface area contributed by atoms with Gasteiger partial charge in [0, 0.05) is 17.1 Å². The van der Waals surface area contributed by atoms with Gasteiger partial charge in [-0.15, -0.1) is 0 Å². The number of hydrogen-bond donors (Lipinski definition) is 1. The van der Waals surface area contributed by atoms with Crippen LogP contribution in [-0.4, -0.2) is 20.6 Å². The first-order valence-corrected chi connectivity index (χ1v) is 6.24. The maximum absolute atomic E-state index is 11.3. The molecule has 94 valence electrons. The van der Waals surface area contributed by atoms with Crippen molar-refractivity contribution >= 4 is 21.9 Å². The minimum Gasteiger partial charge on any atom is -0.476 e. The van der Waals surface area contributed by atoms with E-state index in [9.17, 15) is 9.90 Å². The van der Waals surface area contributed by atoms with Gasteiger partial charge in [0.2, 0.25) is 0 Å². The number of halogens is 1. The van der Waals surface area contributed by atoms with Gasteiger partial charge in [-0.05, 0) is 31.5 Å². The molecule has 4 nitrogen and oxygen atoms in total. The lowest BCUT2D eigenvalue weighted by Crippen LogP contribution is -2.02. The molecule has 0 amide bonds.